The molecule has 2 aromatic rings. The zero-order chi connectivity index (χ0) is 13.8. The third-order valence-electron chi connectivity index (χ3n) is 2.93. The maximum Gasteiger partial charge on any atom is 0.167 e. The van der Waals surface area contributed by atoms with Gasteiger partial charge in [-0.2, -0.15) is 0 Å². The minimum atomic E-state index is -0.354. The van der Waals surface area contributed by atoms with E-state index in [9.17, 15) is 4.39 Å². The lowest BCUT2D eigenvalue weighted by Crippen LogP contribution is -2.01. The Kier molecular flexibility index (Phi) is 4.05. The van der Waals surface area contributed by atoms with Gasteiger partial charge in [0.05, 0.1) is 7.11 Å². The topological polar surface area (TPSA) is 21.3 Å². The molecule has 0 radical (unpaired) electrons. The molecule has 0 amide bonds. The van der Waals surface area contributed by atoms with Crippen LogP contribution in [0.5, 0.6) is 5.75 Å². The van der Waals surface area contributed by atoms with Gasteiger partial charge in [0.15, 0.2) is 11.6 Å². The first-order chi connectivity index (χ1) is 9.08. The lowest BCUT2D eigenvalue weighted by molar-refractivity contribution is 0.386. The molecule has 2 aromatic carbocycles. The Morgan fingerprint density at radius 1 is 1.05 bits per heavy atom. The summed E-state index contributed by atoms with van der Waals surface area (Å²) in [4.78, 5) is 0. The number of hydrogen-bond donors (Lipinski definition) is 1. The number of methoxy groups -OCH3 is 1. The van der Waals surface area contributed by atoms with Crippen LogP contribution in [0.15, 0.2) is 36.4 Å². The number of nitrogens with one attached hydrogen (secondary N) is 1. The van der Waals surface area contributed by atoms with Gasteiger partial charge in [0.1, 0.15) is 0 Å². The second kappa shape index (κ2) is 5.74. The highest BCUT2D eigenvalue weighted by Gasteiger charge is 2.03. The highest BCUT2D eigenvalue weighted by molar-refractivity contribution is 5.48. The van der Waals surface area contributed by atoms with Crippen molar-refractivity contribution in [3.8, 4) is 5.75 Å². The van der Waals surface area contributed by atoms with Crippen molar-refractivity contribution >= 4 is 5.69 Å². The van der Waals surface area contributed by atoms with Crippen molar-refractivity contribution in [3.63, 3.8) is 0 Å². The summed E-state index contributed by atoms with van der Waals surface area (Å²) < 4.78 is 18.4. The zero-order valence-corrected chi connectivity index (χ0v) is 11.5. The van der Waals surface area contributed by atoms with Gasteiger partial charge in [-0.3, -0.25) is 0 Å². The highest BCUT2D eigenvalue weighted by Crippen LogP contribution is 2.21. The zero-order valence-electron chi connectivity index (χ0n) is 11.5. The maximum atomic E-state index is 13.5. The lowest BCUT2D eigenvalue weighted by atomic mass is 10.1. The normalized spacial score (nSPS) is 10.3. The molecular formula is C16H18FNO. The second-order valence-electron chi connectivity index (χ2n) is 4.70. The molecule has 0 aliphatic rings. The summed E-state index contributed by atoms with van der Waals surface area (Å²) in [7, 11) is 1.46. The summed E-state index contributed by atoms with van der Waals surface area (Å²) in [6, 6.07) is 11.3. The molecule has 0 heterocycles. The maximum absolute atomic E-state index is 13.5. The Hall–Kier alpha value is -2.03. The number of ether oxygens (including phenoxy) is 1. The minimum Gasteiger partial charge on any atom is -0.494 e. The van der Waals surface area contributed by atoms with Crippen LogP contribution in [0.25, 0.3) is 0 Å². The summed E-state index contributed by atoms with van der Waals surface area (Å²) in [5.41, 5.74) is 4.40. The number of anilines is 1. The molecule has 0 atom stereocenters. The van der Waals surface area contributed by atoms with E-state index in [0.717, 1.165) is 5.69 Å². The van der Waals surface area contributed by atoms with Crippen molar-refractivity contribution in [1.82, 2.24) is 0 Å². The van der Waals surface area contributed by atoms with Crippen LogP contribution in [-0.2, 0) is 6.54 Å². The van der Waals surface area contributed by atoms with Gasteiger partial charge in [-0.1, -0.05) is 29.3 Å². The number of halogens is 1. The van der Waals surface area contributed by atoms with Crippen LogP contribution in [-0.4, -0.2) is 7.11 Å². The molecule has 0 unspecified atom stereocenters. The van der Waals surface area contributed by atoms with Gasteiger partial charge in [0.2, 0.25) is 0 Å². The summed E-state index contributed by atoms with van der Waals surface area (Å²) in [5.74, 6) is -0.0927. The van der Waals surface area contributed by atoms with Crippen LogP contribution in [0.2, 0.25) is 0 Å². The first-order valence-electron chi connectivity index (χ1n) is 6.23. The molecule has 0 aromatic heterocycles. The average Bonchev–Trinajstić information content (AvgIpc) is 2.35. The third-order valence-corrected chi connectivity index (χ3v) is 2.93. The molecule has 1 N–H and O–H groups in total. The van der Waals surface area contributed by atoms with E-state index in [1.165, 1.54) is 29.9 Å². The molecular weight excluding hydrogens is 241 g/mol. The molecule has 100 valence electrons. The van der Waals surface area contributed by atoms with E-state index in [4.69, 9.17) is 4.74 Å². The SMILES string of the molecule is COc1ccc(NCc2cc(C)cc(C)c2)cc1F. The predicted molar refractivity (Wildman–Crippen MR) is 76.2 cm³/mol. The van der Waals surface area contributed by atoms with E-state index >= 15 is 0 Å². The summed E-state index contributed by atoms with van der Waals surface area (Å²) in [6.07, 6.45) is 0. The number of rotatable bonds is 4. The monoisotopic (exact) mass is 259 g/mol. The Balaban J connectivity index is 2.08. The Morgan fingerprint density at radius 2 is 1.74 bits per heavy atom. The van der Waals surface area contributed by atoms with E-state index in [0.29, 0.717) is 6.54 Å². The van der Waals surface area contributed by atoms with Crippen molar-refractivity contribution in [2.45, 2.75) is 20.4 Å². The van der Waals surface area contributed by atoms with Crippen molar-refractivity contribution in [2.24, 2.45) is 0 Å². The second-order valence-corrected chi connectivity index (χ2v) is 4.70. The molecule has 0 bridgehead atoms. The standard InChI is InChI=1S/C16H18FNO/c1-11-6-12(2)8-13(7-11)10-18-14-4-5-16(19-3)15(17)9-14/h4-9,18H,10H2,1-3H3. The van der Waals surface area contributed by atoms with Gasteiger partial charge >= 0.3 is 0 Å². The van der Waals surface area contributed by atoms with E-state index in [2.05, 4.69) is 37.4 Å². The molecule has 0 fully saturated rings. The number of benzene rings is 2. The van der Waals surface area contributed by atoms with Gasteiger partial charge < -0.3 is 10.1 Å². The minimum absolute atomic E-state index is 0.261. The molecule has 0 aliphatic carbocycles. The van der Waals surface area contributed by atoms with Gasteiger partial charge in [-0.15, -0.1) is 0 Å². The predicted octanol–water partition coefficient (Wildman–Crippen LogP) is 4.06. The van der Waals surface area contributed by atoms with E-state index in [-0.39, 0.29) is 11.6 Å². The van der Waals surface area contributed by atoms with E-state index < -0.39 is 0 Å². The Morgan fingerprint density at radius 3 is 2.32 bits per heavy atom. The molecule has 0 saturated heterocycles. The van der Waals surface area contributed by atoms with Gasteiger partial charge in [0.25, 0.3) is 0 Å². The van der Waals surface area contributed by atoms with Gasteiger partial charge in [0, 0.05) is 18.3 Å². The fourth-order valence-corrected chi connectivity index (χ4v) is 2.15. The lowest BCUT2D eigenvalue weighted by Gasteiger charge is -2.10. The summed E-state index contributed by atoms with van der Waals surface area (Å²) in [5, 5.41) is 3.21. The molecule has 19 heavy (non-hydrogen) atoms. The van der Waals surface area contributed by atoms with Crippen LogP contribution >= 0.6 is 0 Å². The molecule has 2 nitrogen and oxygen atoms in total. The van der Waals surface area contributed by atoms with E-state index in [1.54, 1.807) is 6.07 Å². The van der Waals surface area contributed by atoms with Gasteiger partial charge in [-0.05, 0) is 31.5 Å². The first kappa shape index (κ1) is 13.4. The Bertz CT molecular complexity index is 561. The van der Waals surface area contributed by atoms with Crippen molar-refractivity contribution in [3.05, 3.63) is 58.9 Å². The highest BCUT2D eigenvalue weighted by atomic mass is 19.1. The molecule has 0 aliphatic heterocycles. The van der Waals surface area contributed by atoms with Gasteiger partial charge in [-0.25, -0.2) is 4.39 Å². The first-order valence-corrected chi connectivity index (χ1v) is 6.23. The van der Waals surface area contributed by atoms with Crippen LogP contribution in [0.3, 0.4) is 0 Å². The van der Waals surface area contributed by atoms with Crippen LogP contribution in [0.4, 0.5) is 10.1 Å². The fourth-order valence-electron chi connectivity index (χ4n) is 2.15. The fraction of sp³-hybridized carbons (Fsp3) is 0.250. The third kappa shape index (κ3) is 3.47. The van der Waals surface area contributed by atoms with E-state index in [1.807, 2.05) is 6.07 Å². The molecule has 3 heteroatoms. The Labute approximate surface area is 113 Å². The number of hydrogen-bond acceptors (Lipinski definition) is 2. The molecule has 2 rings (SSSR count). The average molecular weight is 259 g/mol. The summed E-state index contributed by atoms with van der Waals surface area (Å²) >= 11 is 0. The quantitative estimate of drug-likeness (QED) is 0.894. The largest absolute Gasteiger partial charge is 0.494 e. The van der Waals surface area contributed by atoms with Crippen LogP contribution < -0.4 is 10.1 Å². The van der Waals surface area contributed by atoms with Crippen LogP contribution in [0.1, 0.15) is 16.7 Å². The molecule has 0 saturated carbocycles. The van der Waals surface area contributed by atoms with Crippen LogP contribution in [0, 0.1) is 19.7 Å². The van der Waals surface area contributed by atoms with Crippen molar-refractivity contribution in [2.75, 3.05) is 12.4 Å². The van der Waals surface area contributed by atoms with Crippen molar-refractivity contribution in [1.29, 1.82) is 0 Å². The smallest absolute Gasteiger partial charge is 0.167 e. The number of aryl methyl sites for hydroxylation is 2. The summed E-state index contributed by atoms with van der Waals surface area (Å²) in [6.45, 7) is 4.82. The molecule has 0 spiro atoms. The van der Waals surface area contributed by atoms with Crippen molar-refractivity contribution < 1.29 is 9.13 Å².